The number of furan rings is 1. The summed E-state index contributed by atoms with van der Waals surface area (Å²) >= 11 is 0. The summed E-state index contributed by atoms with van der Waals surface area (Å²) in [7, 11) is 0. The Morgan fingerprint density at radius 3 is 2.66 bits per heavy atom. The second kappa shape index (κ2) is 8.39. The Balaban J connectivity index is 1.14. The van der Waals surface area contributed by atoms with E-state index in [2.05, 4.69) is 11.0 Å². The van der Waals surface area contributed by atoms with Crippen LogP contribution in [0.15, 0.2) is 22.6 Å². The van der Waals surface area contributed by atoms with Gasteiger partial charge in [-0.15, -0.1) is 0 Å². The first-order chi connectivity index (χ1) is 14.3. The predicted molar refractivity (Wildman–Crippen MR) is 113 cm³/mol. The largest absolute Gasteiger partial charge is 0.484 e. The molecule has 5 heteroatoms. The summed E-state index contributed by atoms with van der Waals surface area (Å²) < 4.78 is 11.9. The molecule has 0 atom stereocenters. The van der Waals surface area contributed by atoms with Gasteiger partial charge in [0.25, 0.3) is 5.91 Å². The number of hydrogen-bond donors (Lipinski definition) is 0. The molecular formula is C24H32N2O3. The topological polar surface area (TPSA) is 45.9 Å². The van der Waals surface area contributed by atoms with Crippen LogP contribution in [0, 0.1) is 5.92 Å². The molecule has 29 heavy (non-hydrogen) atoms. The molecule has 1 aromatic heterocycles. The third-order valence-electron chi connectivity index (χ3n) is 6.97. The van der Waals surface area contributed by atoms with Crippen LogP contribution >= 0.6 is 0 Å². The zero-order valence-corrected chi connectivity index (χ0v) is 17.3. The van der Waals surface area contributed by atoms with Crippen LogP contribution in [0.25, 0.3) is 11.0 Å². The van der Waals surface area contributed by atoms with E-state index in [0.29, 0.717) is 0 Å². The minimum Gasteiger partial charge on any atom is -0.484 e. The highest BCUT2D eigenvalue weighted by molar-refractivity contribution is 5.84. The number of ether oxygens (including phenoxy) is 1. The van der Waals surface area contributed by atoms with E-state index in [1.54, 1.807) is 0 Å². The van der Waals surface area contributed by atoms with E-state index >= 15 is 0 Å². The van der Waals surface area contributed by atoms with E-state index in [9.17, 15) is 4.79 Å². The Kier molecular flexibility index (Phi) is 5.49. The summed E-state index contributed by atoms with van der Waals surface area (Å²) in [6.45, 7) is 5.61. The summed E-state index contributed by atoms with van der Waals surface area (Å²) in [5.41, 5.74) is 2.28. The molecule has 1 aliphatic carbocycles. The summed E-state index contributed by atoms with van der Waals surface area (Å²) in [6.07, 6.45) is 9.48. The van der Waals surface area contributed by atoms with Crippen LogP contribution in [0.5, 0.6) is 5.75 Å². The van der Waals surface area contributed by atoms with Crippen molar-refractivity contribution in [1.29, 1.82) is 0 Å². The molecule has 0 unspecified atom stereocenters. The molecule has 2 aliphatic heterocycles. The lowest BCUT2D eigenvalue weighted by Gasteiger charge is -2.33. The molecule has 0 saturated carbocycles. The molecule has 0 bridgehead atoms. The van der Waals surface area contributed by atoms with Crippen molar-refractivity contribution in [3.63, 3.8) is 0 Å². The van der Waals surface area contributed by atoms with Crippen molar-refractivity contribution in [3.05, 3.63) is 29.5 Å². The van der Waals surface area contributed by atoms with Crippen molar-refractivity contribution in [3.8, 4) is 5.75 Å². The molecule has 0 spiro atoms. The van der Waals surface area contributed by atoms with Gasteiger partial charge in [-0.2, -0.15) is 0 Å². The zero-order valence-electron chi connectivity index (χ0n) is 17.3. The van der Waals surface area contributed by atoms with E-state index in [4.69, 9.17) is 9.15 Å². The van der Waals surface area contributed by atoms with E-state index in [1.165, 1.54) is 50.9 Å². The Labute approximate surface area is 173 Å². The first kappa shape index (κ1) is 19.0. The summed E-state index contributed by atoms with van der Waals surface area (Å²) in [5, 5.41) is 1.16. The minimum absolute atomic E-state index is 0.110. The maximum absolute atomic E-state index is 12.6. The average molecular weight is 397 g/mol. The van der Waals surface area contributed by atoms with E-state index in [1.807, 2.05) is 17.0 Å². The summed E-state index contributed by atoms with van der Waals surface area (Å²) in [5.74, 6) is 2.76. The molecule has 3 aliphatic rings. The van der Waals surface area contributed by atoms with Crippen molar-refractivity contribution >= 4 is 16.9 Å². The van der Waals surface area contributed by atoms with Gasteiger partial charge in [-0.3, -0.25) is 4.79 Å². The lowest BCUT2D eigenvalue weighted by molar-refractivity contribution is -0.134. The highest BCUT2D eigenvalue weighted by Gasteiger charge is 2.25. The monoisotopic (exact) mass is 396 g/mol. The number of hydrogen-bond acceptors (Lipinski definition) is 4. The third-order valence-corrected chi connectivity index (χ3v) is 6.97. The maximum atomic E-state index is 12.6. The fourth-order valence-corrected chi connectivity index (χ4v) is 5.26. The maximum Gasteiger partial charge on any atom is 0.260 e. The number of rotatable bonds is 5. The smallest absolute Gasteiger partial charge is 0.260 e. The van der Waals surface area contributed by atoms with Gasteiger partial charge in [0.1, 0.15) is 17.1 Å². The van der Waals surface area contributed by atoms with Gasteiger partial charge in [0.05, 0.1) is 0 Å². The third kappa shape index (κ3) is 4.16. The summed E-state index contributed by atoms with van der Waals surface area (Å²) in [4.78, 5) is 17.2. The number of carbonyl (C=O) groups is 1. The van der Waals surface area contributed by atoms with Gasteiger partial charge < -0.3 is 19.0 Å². The lowest BCUT2D eigenvalue weighted by atomic mass is 9.96. The fourth-order valence-electron chi connectivity index (χ4n) is 5.26. The first-order valence-electron chi connectivity index (χ1n) is 11.4. The molecule has 2 saturated heterocycles. The number of piperidine rings is 1. The number of carbonyl (C=O) groups excluding carboxylic acids is 1. The van der Waals surface area contributed by atoms with Gasteiger partial charge in [0, 0.05) is 37.0 Å². The molecule has 156 valence electrons. The molecule has 2 fully saturated rings. The second-order valence-corrected chi connectivity index (χ2v) is 8.99. The van der Waals surface area contributed by atoms with Crippen LogP contribution in [0.3, 0.4) is 0 Å². The molecular weight excluding hydrogens is 364 g/mol. The number of nitrogens with zero attached hydrogens (tertiary/aromatic N) is 2. The van der Waals surface area contributed by atoms with Gasteiger partial charge in [0.15, 0.2) is 6.61 Å². The van der Waals surface area contributed by atoms with E-state index in [0.717, 1.165) is 67.2 Å². The highest BCUT2D eigenvalue weighted by Crippen LogP contribution is 2.34. The summed E-state index contributed by atoms with van der Waals surface area (Å²) in [6, 6.07) is 5.96. The quantitative estimate of drug-likeness (QED) is 0.766. The number of amides is 1. The molecule has 1 aromatic carbocycles. The molecule has 0 radical (unpaired) electrons. The second-order valence-electron chi connectivity index (χ2n) is 8.99. The minimum atomic E-state index is 0.110. The Morgan fingerprint density at radius 2 is 1.83 bits per heavy atom. The number of aryl methyl sites for hydroxylation is 2. The van der Waals surface area contributed by atoms with Crippen molar-refractivity contribution in [2.24, 2.45) is 5.92 Å². The molecule has 5 nitrogen and oxygen atoms in total. The van der Waals surface area contributed by atoms with E-state index < -0.39 is 0 Å². The van der Waals surface area contributed by atoms with Crippen molar-refractivity contribution in [1.82, 2.24) is 9.80 Å². The molecule has 2 aromatic rings. The Morgan fingerprint density at radius 1 is 1.03 bits per heavy atom. The van der Waals surface area contributed by atoms with Crippen LogP contribution in [0.1, 0.15) is 49.8 Å². The Hall–Kier alpha value is -2.01. The van der Waals surface area contributed by atoms with Gasteiger partial charge >= 0.3 is 0 Å². The standard InChI is InChI=1S/C24H32N2O3/c27-24(26-13-9-18(10-14-26)16-25-11-3-4-12-25)17-28-19-7-8-23-21(15-19)20-5-1-2-6-22(20)29-23/h7-8,15,18H,1-6,9-14,16-17H2. The predicted octanol–water partition coefficient (Wildman–Crippen LogP) is 4.02. The SMILES string of the molecule is O=C(COc1ccc2oc3c(c2c1)CCCC3)N1CCC(CN2CCCC2)CC1. The molecule has 1 amide bonds. The first-order valence-corrected chi connectivity index (χ1v) is 11.4. The van der Waals surface area contributed by atoms with Gasteiger partial charge in [-0.05, 0) is 82.2 Å². The van der Waals surface area contributed by atoms with Gasteiger partial charge in [-0.1, -0.05) is 0 Å². The van der Waals surface area contributed by atoms with Gasteiger partial charge in [0.2, 0.25) is 0 Å². The molecule has 3 heterocycles. The van der Waals surface area contributed by atoms with Crippen molar-refractivity contribution in [2.75, 3.05) is 39.3 Å². The van der Waals surface area contributed by atoms with Crippen LogP contribution in [-0.4, -0.2) is 55.0 Å². The van der Waals surface area contributed by atoms with Crippen LogP contribution < -0.4 is 4.74 Å². The van der Waals surface area contributed by atoms with Crippen molar-refractivity contribution < 1.29 is 13.9 Å². The normalized spacial score (nSPS) is 20.9. The fraction of sp³-hybridized carbons (Fsp3) is 0.625. The van der Waals surface area contributed by atoms with Crippen molar-refractivity contribution in [2.45, 2.75) is 51.4 Å². The molecule has 5 rings (SSSR count). The van der Waals surface area contributed by atoms with Crippen LogP contribution in [0.4, 0.5) is 0 Å². The molecule has 0 N–H and O–H groups in total. The number of fused-ring (bicyclic) bond motifs is 3. The highest BCUT2D eigenvalue weighted by atomic mass is 16.5. The zero-order chi connectivity index (χ0) is 19.6. The van der Waals surface area contributed by atoms with E-state index in [-0.39, 0.29) is 12.5 Å². The number of benzene rings is 1. The Bertz CT molecular complexity index is 860. The number of likely N-dealkylation sites (tertiary alicyclic amines) is 2. The van der Waals surface area contributed by atoms with Gasteiger partial charge in [-0.25, -0.2) is 0 Å². The average Bonchev–Trinajstić information content (AvgIpc) is 3.40. The van der Waals surface area contributed by atoms with Crippen LogP contribution in [0.2, 0.25) is 0 Å². The lowest BCUT2D eigenvalue weighted by Crippen LogP contribution is -2.43. The van der Waals surface area contributed by atoms with Crippen LogP contribution in [-0.2, 0) is 17.6 Å².